The Kier molecular flexibility index (Phi) is 6.08. The summed E-state index contributed by atoms with van der Waals surface area (Å²) in [7, 11) is 3.86. The van der Waals surface area contributed by atoms with E-state index in [-0.39, 0.29) is 0 Å². The van der Waals surface area contributed by atoms with Gasteiger partial charge in [-0.05, 0) is 23.8 Å². The van der Waals surface area contributed by atoms with E-state index in [0.29, 0.717) is 18.8 Å². The highest BCUT2D eigenvalue weighted by molar-refractivity contribution is 6.39. The van der Waals surface area contributed by atoms with E-state index in [1.165, 1.54) is 5.56 Å². The molecule has 0 radical (unpaired) electrons. The van der Waals surface area contributed by atoms with Gasteiger partial charge in [0.05, 0.1) is 0 Å². The first-order chi connectivity index (χ1) is 13.0. The first kappa shape index (κ1) is 18.9. The SMILES string of the molecule is CN(C)c1cccc(NC(=O)C(=O)N2CCN(Cc3ccccc3)CC2)c1. The minimum absolute atomic E-state index is 0.468. The van der Waals surface area contributed by atoms with Crippen molar-refractivity contribution < 1.29 is 9.59 Å². The molecule has 2 amide bonds. The molecule has 142 valence electrons. The molecule has 1 N–H and O–H groups in total. The molecule has 0 atom stereocenters. The van der Waals surface area contributed by atoms with E-state index in [0.717, 1.165) is 25.3 Å². The molecule has 2 aromatic carbocycles. The maximum absolute atomic E-state index is 12.5. The smallest absolute Gasteiger partial charge is 0.313 e. The van der Waals surface area contributed by atoms with Crippen molar-refractivity contribution in [3.8, 4) is 0 Å². The summed E-state index contributed by atoms with van der Waals surface area (Å²) in [5.74, 6) is -1.05. The standard InChI is InChI=1S/C21H26N4O2/c1-23(2)19-10-6-9-18(15-19)22-20(26)21(27)25-13-11-24(12-14-25)16-17-7-4-3-5-8-17/h3-10,15H,11-14,16H2,1-2H3,(H,22,26). The molecule has 0 saturated carbocycles. The molecule has 1 saturated heterocycles. The summed E-state index contributed by atoms with van der Waals surface area (Å²) >= 11 is 0. The number of carbonyl (C=O) groups is 2. The van der Waals surface area contributed by atoms with Crippen LogP contribution in [0.25, 0.3) is 0 Å². The zero-order valence-electron chi connectivity index (χ0n) is 15.9. The zero-order valence-corrected chi connectivity index (χ0v) is 15.9. The van der Waals surface area contributed by atoms with Crippen LogP contribution in [0.5, 0.6) is 0 Å². The Morgan fingerprint density at radius 1 is 0.963 bits per heavy atom. The number of hydrogen-bond donors (Lipinski definition) is 1. The molecule has 6 heteroatoms. The summed E-state index contributed by atoms with van der Waals surface area (Å²) in [5.41, 5.74) is 2.85. The minimum atomic E-state index is -0.581. The van der Waals surface area contributed by atoms with Gasteiger partial charge in [-0.2, -0.15) is 0 Å². The molecule has 1 heterocycles. The number of amides is 2. The largest absolute Gasteiger partial charge is 0.378 e. The average Bonchev–Trinajstić information content (AvgIpc) is 2.69. The number of benzene rings is 2. The van der Waals surface area contributed by atoms with Gasteiger partial charge in [0.15, 0.2) is 0 Å². The lowest BCUT2D eigenvalue weighted by Gasteiger charge is -2.34. The molecule has 0 unspecified atom stereocenters. The van der Waals surface area contributed by atoms with Crippen molar-refractivity contribution >= 4 is 23.2 Å². The number of rotatable bonds is 4. The van der Waals surface area contributed by atoms with Crippen LogP contribution in [-0.4, -0.2) is 61.9 Å². The van der Waals surface area contributed by atoms with Gasteiger partial charge < -0.3 is 15.1 Å². The molecule has 0 spiro atoms. The Bertz CT molecular complexity index is 784. The summed E-state index contributed by atoms with van der Waals surface area (Å²) in [4.78, 5) is 30.7. The summed E-state index contributed by atoms with van der Waals surface area (Å²) in [6, 6.07) is 17.7. The lowest BCUT2D eigenvalue weighted by molar-refractivity contribution is -0.144. The van der Waals surface area contributed by atoms with E-state index in [4.69, 9.17) is 0 Å². The van der Waals surface area contributed by atoms with Crippen molar-refractivity contribution in [3.63, 3.8) is 0 Å². The molecule has 0 aliphatic carbocycles. The molecule has 1 fully saturated rings. The van der Waals surface area contributed by atoms with E-state index in [9.17, 15) is 9.59 Å². The molecule has 3 rings (SSSR count). The highest BCUT2D eigenvalue weighted by Crippen LogP contribution is 2.17. The van der Waals surface area contributed by atoms with Gasteiger partial charge in [-0.1, -0.05) is 36.4 Å². The second kappa shape index (κ2) is 8.68. The minimum Gasteiger partial charge on any atom is -0.378 e. The van der Waals surface area contributed by atoms with Gasteiger partial charge in [-0.15, -0.1) is 0 Å². The Labute approximate surface area is 160 Å². The van der Waals surface area contributed by atoms with Crippen molar-refractivity contribution in [2.24, 2.45) is 0 Å². The molecule has 6 nitrogen and oxygen atoms in total. The molecular formula is C21H26N4O2. The number of hydrogen-bond acceptors (Lipinski definition) is 4. The summed E-state index contributed by atoms with van der Waals surface area (Å²) < 4.78 is 0. The third kappa shape index (κ3) is 5.08. The van der Waals surface area contributed by atoms with Gasteiger partial charge in [0.25, 0.3) is 0 Å². The normalized spacial score (nSPS) is 14.7. The topological polar surface area (TPSA) is 55.9 Å². The van der Waals surface area contributed by atoms with Crippen LogP contribution in [0.15, 0.2) is 54.6 Å². The third-order valence-corrected chi connectivity index (χ3v) is 4.72. The van der Waals surface area contributed by atoms with Crippen LogP contribution in [0.3, 0.4) is 0 Å². The van der Waals surface area contributed by atoms with Crippen molar-refractivity contribution in [2.45, 2.75) is 6.54 Å². The van der Waals surface area contributed by atoms with Crippen LogP contribution in [-0.2, 0) is 16.1 Å². The third-order valence-electron chi connectivity index (χ3n) is 4.72. The van der Waals surface area contributed by atoms with Crippen molar-refractivity contribution in [1.29, 1.82) is 0 Å². The lowest BCUT2D eigenvalue weighted by Crippen LogP contribution is -2.51. The second-order valence-electron chi connectivity index (χ2n) is 6.95. The van der Waals surface area contributed by atoms with Crippen LogP contribution >= 0.6 is 0 Å². The van der Waals surface area contributed by atoms with E-state index in [2.05, 4.69) is 22.3 Å². The van der Waals surface area contributed by atoms with Crippen molar-refractivity contribution in [2.75, 3.05) is 50.5 Å². The van der Waals surface area contributed by atoms with Gasteiger partial charge in [0.2, 0.25) is 0 Å². The molecule has 2 aromatic rings. The van der Waals surface area contributed by atoms with Crippen LogP contribution < -0.4 is 10.2 Å². The first-order valence-electron chi connectivity index (χ1n) is 9.17. The fourth-order valence-electron chi connectivity index (χ4n) is 3.14. The highest BCUT2D eigenvalue weighted by Gasteiger charge is 2.26. The van der Waals surface area contributed by atoms with E-state index in [1.807, 2.05) is 55.4 Å². The van der Waals surface area contributed by atoms with Crippen molar-refractivity contribution in [3.05, 3.63) is 60.2 Å². The molecular weight excluding hydrogens is 340 g/mol. The van der Waals surface area contributed by atoms with Crippen LogP contribution in [0.4, 0.5) is 11.4 Å². The first-order valence-corrected chi connectivity index (χ1v) is 9.17. The van der Waals surface area contributed by atoms with Crippen LogP contribution in [0.2, 0.25) is 0 Å². The number of anilines is 2. The monoisotopic (exact) mass is 366 g/mol. The molecule has 1 aliphatic rings. The molecule has 1 aliphatic heterocycles. The second-order valence-corrected chi connectivity index (χ2v) is 6.95. The van der Waals surface area contributed by atoms with Crippen molar-refractivity contribution in [1.82, 2.24) is 9.80 Å². The van der Waals surface area contributed by atoms with Gasteiger partial charge in [-0.25, -0.2) is 0 Å². The van der Waals surface area contributed by atoms with Crippen LogP contribution in [0.1, 0.15) is 5.56 Å². The van der Waals surface area contributed by atoms with Crippen LogP contribution in [0, 0.1) is 0 Å². The number of nitrogens with zero attached hydrogens (tertiary/aromatic N) is 3. The number of piperazine rings is 1. The van der Waals surface area contributed by atoms with Gasteiger partial charge >= 0.3 is 11.8 Å². The maximum Gasteiger partial charge on any atom is 0.313 e. The summed E-state index contributed by atoms with van der Waals surface area (Å²) in [5, 5.41) is 2.71. The average molecular weight is 366 g/mol. The van der Waals surface area contributed by atoms with Gasteiger partial charge in [0.1, 0.15) is 0 Å². The Balaban J connectivity index is 1.51. The van der Waals surface area contributed by atoms with Gasteiger partial charge in [0, 0.05) is 58.2 Å². The Morgan fingerprint density at radius 3 is 2.33 bits per heavy atom. The number of nitrogens with one attached hydrogen (secondary N) is 1. The Hall–Kier alpha value is -2.86. The lowest BCUT2D eigenvalue weighted by atomic mass is 10.2. The maximum atomic E-state index is 12.5. The van der Waals surface area contributed by atoms with E-state index in [1.54, 1.807) is 11.0 Å². The van der Waals surface area contributed by atoms with E-state index < -0.39 is 11.8 Å². The molecule has 27 heavy (non-hydrogen) atoms. The fourth-order valence-corrected chi connectivity index (χ4v) is 3.14. The Morgan fingerprint density at radius 2 is 1.67 bits per heavy atom. The quantitative estimate of drug-likeness (QED) is 0.842. The predicted octanol–water partition coefficient (Wildman–Crippen LogP) is 2.04. The summed E-state index contributed by atoms with van der Waals surface area (Å²) in [6.07, 6.45) is 0. The van der Waals surface area contributed by atoms with Gasteiger partial charge in [-0.3, -0.25) is 14.5 Å². The molecule has 0 aromatic heterocycles. The zero-order chi connectivity index (χ0) is 19.2. The predicted molar refractivity (Wildman–Crippen MR) is 108 cm³/mol. The highest BCUT2D eigenvalue weighted by atomic mass is 16.2. The molecule has 0 bridgehead atoms. The fraction of sp³-hybridized carbons (Fsp3) is 0.333. The number of carbonyl (C=O) groups excluding carboxylic acids is 2. The summed E-state index contributed by atoms with van der Waals surface area (Å²) in [6.45, 7) is 3.54. The van der Waals surface area contributed by atoms with E-state index >= 15 is 0 Å².